The molecule has 126 valence electrons. The molecule has 1 atom stereocenters. The Hall–Kier alpha value is -2.76. The number of nitrogens with zero attached hydrogens (tertiary/aromatic N) is 2. The fraction of sp³-hybridized carbons (Fsp3) is 0.333. The number of aromatic nitrogens is 1. The lowest BCUT2D eigenvalue weighted by atomic mass is 10.0. The van der Waals surface area contributed by atoms with E-state index in [1.807, 2.05) is 40.9 Å². The number of hydrogen-bond donors (Lipinski definition) is 0. The van der Waals surface area contributed by atoms with Crippen LogP contribution < -0.4 is 4.90 Å². The van der Waals surface area contributed by atoms with E-state index in [-0.39, 0.29) is 11.9 Å². The van der Waals surface area contributed by atoms with Crippen LogP contribution in [0, 0.1) is 0 Å². The fourth-order valence-electron chi connectivity index (χ4n) is 3.03. The smallest absolute Gasteiger partial charge is 0.350 e. The van der Waals surface area contributed by atoms with Gasteiger partial charge in [0, 0.05) is 24.5 Å². The molecule has 6 nitrogen and oxygen atoms in total. The van der Waals surface area contributed by atoms with Crippen molar-refractivity contribution >= 4 is 17.6 Å². The average Bonchev–Trinajstić information content (AvgIpc) is 3.04. The first-order valence-electron chi connectivity index (χ1n) is 7.96. The number of rotatable bonds is 4. The molecule has 1 aliphatic heterocycles. The lowest BCUT2D eigenvalue weighted by Gasteiger charge is -2.36. The van der Waals surface area contributed by atoms with E-state index < -0.39 is 6.17 Å². The molecule has 2 heterocycles. The molecule has 1 unspecified atom stereocenters. The van der Waals surface area contributed by atoms with Crippen LogP contribution in [0.1, 0.15) is 30.4 Å². The summed E-state index contributed by atoms with van der Waals surface area (Å²) in [5, 5.41) is 0. The number of esters is 2. The molecule has 3 rings (SSSR count). The standard InChI is InChI=1S/C18H20N2O4/c1-4-23-17(21)12-8-9-14-13(11-12)15-7-6-10-20(15)16(19(14)3)18(22)24-5-2/h6-11,16H,4-5H2,1-3H3. The first-order chi connectivity index (χ1) is 11.6. The second-order valence-corrected chi connectivity index (χ2v) is 5.49. The van der Waals surface area contributed by atoms with Crippen molar-refractivity contribution < 1.29 is 19.1 Å². The van der Waals surface area contributed by atoms with Crippen molar-refractivity contribution in [1.82, 2.24) is 4.57 Å². The predicted octanol–water partition coefficient (Wildman–Crippen LogP) is 2.84. The van der Waals surface area contributed by atoms with E-state index in [2.05, 4.69) is 0 Å². The molecule has 0 fully saturated rings. The molecule has 6 heteroatoms. The number of anilines is 1. The average molecular weight is 328 g/mol. The summed E-state index contributed by atoms with van der Waals surface area (Å²) >= 11 is 0. The van der Waals surface area contributed by atoms with Gasteiger partial charge in [-0.2, -0.15) is 0 Å². The number of benzene rings is 1. The first-order valence-corrected chi connectivity index (χ1v) is 7.96. The zero-order valence-corrected chi connectivity index (χ0v) is 14.0. The van der Waals surface area contributed by atoms with Crippen LogP contribution in [-0.4, -0.2) is 36.8 Å². The lowest BCUT2D eigenvalue weighted by molar-refractivity contribution is -0.147. The van der Waals surface area contributed by atoms with Crippen molar-refractivity contribution in [3.63, 3.8) is 0 Å². The summed E-state index contributed by atoms with van der Waals surface area (Å²) in [7, 11) is 1.84. The van der Waals surface area contributed by atoms with Crippen LogP contribution in [0.5, 0.6) is 0 Å². The minimum atomic E-state index is -0.559. The Morgan fingerprint density at radius 2 is 1.88 bits per heavy atom. The topological polar surface area (TPSA) is 60.8 Å². The van der Waals surface area contributed by atoms with Gasteiger partial charge in [-0.15, -0.1) is 0 Å². The number of carbonyl (C=O) groups is 2. The van der Waals surface area contributed by atoms with E-state index in [0.29, 0.717) is 18.8 Å². The molecule has 0 amide bonds. The van der Waals surface area contributed by atoms with Gasteiger partial charge in [0.15, 0.2) is 0 Å². The molecule has 0 aliphatic carbocycles. The van der Waals surface area contributed by atoms with Crippen molar-refractivity contribution in [3.05, 3.63) is 42.1 Å². The molecule has 1 aromatic carbocycles. The minimum Gasteiger partial charge on any atom is -0.463 e. The molecule has 0 spiro atoms. The van der Waals surface area contributed by atoms with E-state index in [0.717, 1.165) is 16.9 Å². The zero-order valence-electron chi connectivity index (χ0n) is 14.0. The Morgan fingerprint density at radius 3 is 2.58 bits per heavy atom. The summed E-state index contributed by atoms with van der Waals surface area (Å²) in [5.41, 5.74) is 3.11. The maximum Gasteiger partial charge on any atom is 0.350 e. The maximum atomic E-state index is 12.4. The molecule has 2 aromatic rings. The molecule has 0 N–H and O–H groups in total. The third-order valence-corrected chi connectivity index (χ3v) is 4.07. The Morgan fingerprint density at radius 1 is 1.12 bits per heavy atom. The lowest BCUT2D eigenvalue weighted by Crippen LogP contribution is -2.39. The summed E-state index contributed by atoms with van der Waals surface area (Å²) in [4.78, 5) is 26.2. The van der Waals surface area contributed by atoms with Crippen LogP contribution in [0.4, 0.5) is 5.69 Å². The largest absolute Gasteiger partial charge is 0.463 e. The fourth-order valence-corrected chi connectivity index (χ4v) is 3.03. The molecule has 1 aliphatic rings. The van der Waals surface area contributed by atoms with Gasteiger partial charge in [0.25, 0.3) is 0 Å². The summed E-state index contributed by atoms with van der Waals surface area (Å²) in [6.07, 6.45) is 1.28. The number of ether oxygens (including phenoxy) is 2. The number of likely N-dealkylation sites (N-methyl/N-ethyl adjacent to an activating group) is 1. The van der Waals surface area contributed by atoms with Gasteiger partial charge in [-0.1, -0.05) is 0 Å². The van der Waals surface area contributed by atoms with Crippen molar-refractivity contribution in [2.75, 3.05) is 25.2 Å². The minimum absolute atomic E-state index is 0.308. The van der Waals surface area contributed by atoms with E-state index in [1.54, 1.807) is 26.0 Å². The van der Waals surface area contributed by atoms with Crippen molar-refractivity contribution in [2.45, 2.75) is 20.0 Å². The maximum absolute atomic E-state index is 12.4. The highest BCUT2D eigenvalue weighted by Crippen LogP contribution is 2.41. The molecule has 24 heavy (non-hydrogen) atoms. The predicted molar refractivity (Wildman–Crippen MR) is 89.9 cm³/mol. The van der Waals surface area contributed by atoms with Crippen molar-refractivity contribution in [2.24, 2.45) is 0 Å². The molecule has 1 aromatic heterocycles. The van der Waals surface area contributed by atoms with Gasteiger partial charge in [-0.25, -0.2) is 9.59 Å². The van der Waals surface area contributed by atoms with E-state index in [4.69, 9.17) is 9.47 Å². The van der Waals surface area contributed by atoms with Gasteiger partial charge in [0.1, 0.15) is 0 Å². The monoisotopic (exact) mass is 328 g/mol. The highest BCUT2D eigenvalue weighted by molar-refractivity contribution is 5.95. The highest BCUT2D eigenvalue weighted by Gasteiger charge is 2.34. The van der Waals surface area contributed by atoms with Crippen LogP contribution in [0.15, 0.2) is 36.5 Å². The summed E-state index contributed by atoms with van der Waals surface area (Å²) in [6.45, 7) is 4.22. The SMILES string of the molecule is CCOC(=O)c1ccc2c(c1)-c1cccn1C(C(=O)OCC)N2C. The van der Waals surface area contributed by atoms with Gasteiger partial charge in [0.05, 0.1) is 24.5 Å². The zero-order chi connectivity index (χ0) is 17.3. The third kappa shape index (κ3) is 2.54. The van der Waals surface area contributed by atoms with Gasteiger partial charge >= 0.3 is 11.9 Å². The molecule has 0 saturated heterocycles. The Labute approximate surface area is 140 Å². The van der Waals surface area contributed by atoms with E-state index in [1.165, 1.54) is 0 Å². The van der Waals surface area contributed by atoms with Gasteiger partial charge < -0.3 is 18.9 Å². The molecule has 0 saturated carbocycles. The second-order valence-electron chi connectivity index (χ2n) is 5.49. The van der Waals surface area contributed by atoms with Gasteiger partial charge in [0.2, 0.25) is 6.17 Å². The van der Waals surface area contributed by atoms with Crippen molar-refractivity contribution in [1.29, 1.82) is 0 Å². The van der Waals surface area contributed by atoms with E-state index >= 15 is 0 Å². The molecule has 0 bridgehead atoms. The van der Waals surface area contributed by atoms with Gasteiger partial charge in [-0.3, -0.25) is 0 Å². The summed E-state index contributed by atoms with van der Waals surface area (Å²) < 4.78 is 12.1. The Kier molecular flexibility index (Phi) is 4.29. The van der Waals surface area contributed by atoms with E-state index in [9.17, 15) is 9.59 Å². The Bertz CT molecular complexity index is 781. The Balaban J connectivity index is 2.07. The molecular formula is C18H20N2O4. The van der Waals surface area contributed by atoms with Crippen LogP contribution in [-0.2, 0) is 14.3 Å². The number of fused-ring (bicyclic) bond motifs is 3. The number of carbonyl (C=O) groups excluding carboxylic acids is 2. The first kappa shape index (κ1) is 16.1. The summed E-state index contributed by atoms with van der Waals surface area (Å²) in [6, 6.07) is 9.16. The summed E-state index contributed by atoms with van der Waals surface area (Å²) in [5.74, 6) is -0.661. The third-order valence-electron chi connectivity index (χ3n) is 4.07. The normalized spacial score (nSPS) is 15.5. The highest BCUT2D eigenvalue weighted by atomic mass is 16.5. The van der Waals surface area contributed by atoms with Crippen LogP contribution in [0.25, 0.3) is 11.3 Å². The van der Waals surface area contributed by atoms with Crippen LogP contribution in [0.3, 0.4) is 0 Å². The number of hydrogen-bond acceptors (Lipinski definition) is 5. The van der Waals surface area contributed by atoms with Crippen LogP contribution in [0.2, 0.25) is 0 Å². The second kappa shape index (κ2) is 6.39. The van der Waals surface area contributed by atoms with Crippen LogP contribution >= 0.6 is 0 Å². The molecule has 0 radical (unpaired) electrons. The quantitative estimate of drug-likeness (QED) is 0.808. The van der Waals surface area contributed by atoms with Gasteiger partial charge in [-0.05, 0) is 44.2 Å². The molecular weight excluding hydrogens is 308 g/mol. The van der Waals surface area contributed by atoms with Crippen molar-refractivity contribution in [3.8, 4) is 11.3 Å².